The first kappa shape index (κ1) is 26.8. The third-order valence-corrected chi connectivity index (χ3v) is 7.08. The van der Waals surface area contributed by atoms with Crippen LogP contribution in [0.15, 0.2) is 66.8 Å². The molecule has 8 nitrogen and oxygen atoms in total. The highest BCUT2D eigenvalue weighted by molar-refractivity contribution is 7.17. The number of thiazole rings is 1. The molecule has 0 spiro atoms. The summed E-state index contributed by atoms with van der Waals surface area (Å²) < 4.78 is 10.8. The molecular weight excluding hydrogens is 504 g/mol. The Balaban J connectivity index is 1.82. The number of aromatic nitrogens is 1. The molecule has 2 aromatic carbocycles. The van der Waals surface area contributed by atoms with Gasteiger partial charge in [0, 0.05) is 5.56 Å². The van der Waals surface area contributed by atoms with Gasteiger partial charge in [0.05, 0.1) is 23.9 Å². The minimum Gasteiger partial charge on any atom is -0.507 e. The summed E-state index contributed by atoms with van der Waals surface area (Å²) in [6, 6.07) is 13.1. The van der Waals surface area contributed by atoms with Crippen molar-refractivity contribution in [3.05, 3.63) is 94.0 Å². The van der Waals surface area contributed by atoms with Crippen molar-refractivity contribution in [2.75, 3.05) is 18.1 Å². The number of Topliss-reactive ketones (excluding diaryl/α,β-unsaturated/α-hetero) is 1. The van der Waals surface area contributed by atoms with Gasteiger partial charge in [-0.05, 0) is 50.1 Å². The molecule has 1 saturated heterocycles. The molecule has 1 aliphatic heterocycles. The Hall–Kier alpha value is -4.24. The van der Waals surface area contributed by atoms with Crippen molar-refractivity contribution in [1.29, 1.82) is 0 Å². The maximum absolute atomic E-state index is 13.4. The van der Waals surface area contributed by atoms with Crippen molar-refractivity contribution in [2.24, 2.45) is 0 Å². The number of esters is 1. The van der Waals surface area contributed by atoms with Crippen molar-refractivity contribution in [3.63, 3.8) is 0 Å². The van der Waals surface area contributed by atoms with Crippen LogP contribution in [0.4, 0.5) is 5.13 Å². The van der Waals surface area contributed by atoms with Crippen LogP contribution in [0.25, 0.3) is 5.76 Å². The topological polar surface area (TPSA) is 106 Å². The van der Waals surface area contributed by atoms with Gasteiger partial charge in [0.25, 0.3) is 5.78 Å². The third kappa shape index (κ3) is 5.24. The zero-order valence-electron chi connectivity index (χ0n) is 21.4. The molecule has 0 aliphatic carbocycles. The fraction of sp³-hybridized carbons (Fsp3) is 0.241. The fourth-order valence-corrected chi connectivity index (χ4v) is 5.04. The summed E-state index contributed by atoms with van der Waals surface area (Å²) in [5, 5.41) is 11.5. The maximum Gasteiger partial charge on any atom is 0.350 e. The number of nitrogens with zero attached hydrogens (tertiary/aromatic N) is 2. The van der Waals surface area contributed by atoms with E-state index < -0.39 is 23.7 Å². The maximum atomic E-state index is 13.4. The van der Waals surface area contributed by atoms with Crippen LogP contribution in [0.1, 0.15) is 51.4 Å². The fourth-order valence-electron chi connectivity index (χ4n) is 4.05. The van der Waals surface area contributed by atoms with Crippen LogP contribution in [-0.2, 0) is 14.3 Å². The Morgan fingerprint density at radius 1 is 1.13 bits per heavy atom. The summed E-state index contributed by atoms with van der Waals surface area (Å²) in [4.78, 5) is 45.1. The van der Waals surface area contributed by atoms with E-state index in [-0.39, 0.29) is 27.9 Å². The molecule has 9 heteroatoms. The summed E-state index contributed by atoms with van der Waals surface area (Å²) in [6.07, 6.45) is 2.30. The van der Waals surface area contributed by atoms with E-state index in [1.54, 1.807) is 43.3 Å². The molecule has 1 atom stereocenters. The first-order chi connectivity index (χ1) is 18.3. The molecule has 1 aromatic heterocycles. The number of ether oxygens (including phenoxy) is 2. The predicted octanol–water partition coefficient (Wildman–Crippen LogP) is 5.52. The van der Waals surface area contributed by atoms with Crippen LogP contribution in [-0.4, -0.2) is 41.0 Å². The number of aliphatic hydroxyl groups excluding tert-OH is 1. The molecular formula is C29H28N2O6S. The second-order valence-electron chi connectivity index (χ2n) is 8.75. The van der Waals surface area contributed by atoms with E-state index in [0.717, 1.165) is 23.3 Å². The number of carbonyl (C=O) groups excluding carboxylic acids is 3. The molecule has 4 rings (SSSR count). The van der Waals surface area contributed by atoms with Crippen LogP contribution in [0.3, 0.4) is 0 Å². The summed E-state index contributed by atoms with van der Waals surface area (Å²) in [5.41, 5.74) is 2.28. The van der Waals surface area contributed by atoms with Crippen LogP contribution in [0.2, 0.25) is 0 Å². The Labute approximate surface area is 224 Å². The highest BCUT2D eigenvalue weighted by Gasteiger charge is 2.48. The molecule has 196 valence electrons. The van der Waals surface area contributed by atoms with Gasteiger partial charge in [-0.25, -0.2) is 9.78 Å². The highest BCUT2D eigenvalue weighted by Crippen LogP contribution is 2.44. The lowest BCUT2D eigenvalue weighted by molar-refractivity contribution is -0.132. The molecule has 1 aliphatic rings. The number of aliphatic hydroxyl groups is 1. The molecule has 0 radical (unpaired) electrons. The van der Waals surface area contributed by atoms with E-state index in [2.05, 4.69) is 11.6 Å². The molecule has 0 bridgehead atoms. The number of ketones is 1. The first-order valence-electron chi connectivity index (χ1n) is 12.1. The summed E-state index contributed by atoms with van der Waals surface area (Å²) >= 11 is 0.954. The Morgan fingerprint density at radius 2 is 1.82 bits per heavy atom. The predicted molar refractivity (Wildman–Crippen MR) is 146 cm³/mol. The van der Waals surface area contributed by atoms with Gasteiger partial charge in [-0.15, -0.1) is 0 Å². The number of amides is 1. The number of aryl methyl sites for hydroxylation is 2. The lowest BCUT2D eigenvalue weighted by Crippen LogP contribution is -2.29. The molecule has 38 heavy (non-hydrogen) atoms. The van der Waals surface area contributed by atoms with Crippen molar-refractivity contribution in [2.45, 2.75) is 33.2 Å². The summed E-state index contributed by atoms with van der Waals surface area (Å²) in [7, 11) is 0. The molecule has 1 unspecified atom stereocenters. The minimum atomic E-state index is -0.950. The zero-order valence-corrected chi connectivity index (χ0v) is 22.2. The Kier molecular flexibility index (Phi) is 8.07. The SMILES string of the molecule is C=CCOC(=O)c1sc(N2C(=O)C(=O)/C(=C(/O)c3ccc(OCCC)cc3)C2c2ccc(C)cc2)nc1C. The lowest BCUT2D eigenvalue weighted by Gasteiger charge is -2.23. The van der Waals surface area contributed by atoms with Crippen LogP contribution in [0, 0.1) is 13.8 Å². The lowest BCUT2D eigenvalue weighted by atomic mass is 9.95. The molecule has 1 amide bonds. The van der Waals surface area contributed by atoms with E-state index in [1.807, 2.05) is 26.0 Å². The number of carbonyl (C=O) groups is 3. The monoisotopic (exact) mass is 532 g/mol. The van der Waals surface area contributed by atoms with Gasteiger partial charge in [-0.3, -0.25) is 14.5 Å². The number of rotatable bonds is 9. The molecule has 0 saturated carbocycles. The summed E-state index contributed by atoms with van der Waals surface area (Å²) in [5.74, 6) is -1.96. The quantitative estimate of drug-likeness (QED) is 0.127. The Bertz CT molecular complexity index is 1410. The van der Waals surface area contributed by atoms with Crippen molar-refractivity contribution >= 4 is 39.9 Å². The van der Waals surface area contributed by atoms with Crippen molar-refractivity contribution in [3.8, 4) is 5.75 Å². The second kappa shape index (κ2) is 11.4. The largest absolute Gasteiger partial charge is 0.507 e. The number of anilines is 1. The zero-order chi connectivity index (χ0) is 27.4. The second-order valence-corrected chi connectivity index (χ2v) is 9.73. The van der Waals surface area contributed by atoms with E-state index in [0.29, 0.717) is 29.2 Å². The minimum absolute atomic E-state index is 0.0294. The van der Waals surface area contributed by atoms with Crippen LogP contribution < -0.4 is 9.64 Å². The summed E-state index contributed by atoms with van der Waals surface area (Å²) in [6.45, 7) is 9.68. The standard InChI is InChI=1S/C29H28N2O6S/c1-5-15-36-21-13-11-20(12-14-21)24(32)22-23(19-9-7-17(3)8-10-19)31(27(34)25(22)33)29-30-18(4)26(38-29)28(35)37-16-6-2/h6-14,23,32H,2,5,15-16H2,1,3-4H3/b24-22+. The smallest absolute Gasteiger partial charge is 0.350 e. The molecule has 2 heterocycles. The van der Waals surface area contributed by atoms with E-state index in [1.165, 1.54) is 11.0 Å². The first-order valence-corrected chi connectivity index (χ1v) is 12.9. The van der Waals surface area contributed by atoms with Crippen LogP contribution in [0.5, 0.6) is 5.75 Å². The van der Waals surface area contributed by atoms with E-state index >= 15 is 0 Å². The number of hydrogen-bond donors (Lipinski definition) is 1. The van der Waals surface area contributed by atoms with Gasteiger partial charge in [-0.2, -0.15) is 0 Å². The average molecular weight is 533 g/mol. The number of benzene rings is 2. The van der Waals surface area contributed by atoms with Crippen molar-refractivity contribution in [1.82, 2.24) is 4.98 Å². The Morgan fingerprint density at radius 3 is 2.45 bits per heavy atom. The molecule has 1 fully saturated rings. The van der Waals surface area contributed by atoms with Crippen molar-refractivity contribution < 1.29 is 29.0 Å². The molecule has 1 N–H and O–H groups in total. The average Bonchev–Trinajstić information content (AvgIpc) is 3.43. The van der Waals surface area contributed by atoms with Gasteiger partial charge < -0.3 is 14.6 Å². The normalized spacial score (nSPS) is 16.5. The van der Waals surface area contributed by atoms with Gasteiger partial charge in [-0.1, -0.05) is 60.7 Å². The number of hydrogen-bond acceptors (Lipinski definition) is 8. The van der Waals surface area contributed by atoms with E-state index in [4.69, 9.17) is 9.47 Å². The van der Waals surface area contributed by atoms with Gasteiger partial charge in [0.1, 0.15) is 23.0 Å². The molecule has 3 aromatic rings. The highest BCUT2D eigenvalue weighted by atomic mass is 32.1. The van der Waals surface area contributed by atoms with E-state index in [9.17, 15) is 19.5 Å². The van der Waals surface area contributed by atoms with Gasteiger partial charge in [0.2, 0.25) is 0 Å². The van der Waals surface area contributed by atoms with Gasteiger partial charge >= 0.3 is 11.9 Å². The van der Waals surface area contributed by atoms with Crippen LogP contribution >= 0.6 is 11.3 Å². The van der Waals surface area contributed by atoms with Gasteiger partial charge in [0.15, 0.2) is 5.13 Å². The third-order valence-electron chi connectivity index (χ3n) is 5.95.